The lowest BCUT2D eigenvalue weighted by molar-refractivity contribution is -0.134. The lowest BCUT2D eigenvalue weighted by Crippen LogP contribution is -2.46. The van der Waals surface area contributed by atoms with Gasteiger partial charge in [-0.25, -0.2) is 0 Å². The van der Waals surface area contributed by atoms with Crippen LogP contribution in [0.4, 0.5) is 0 Å². The number of nitrogens with one attached hydrogen (secondary N) is 1. The van der Waals surface area contributed by atoms with Gasteiger partial charge in [-0.1, -0.05) is 35.9 Å². The van der Waals surface area contributed by atoms with Crippen molar-refractivity contribution in [3.63, 3.8) is 0 Å². The molecule has 5 heteroatoms. The highest BCUT2D eigenvalue weighted by Crippen LogP contribution is 2.41. The number of benzene rings is 1. The molecule has 1 N–H and O–H groups in total. The van der Waals surface area contributed by atoms with Crippen molar-refractivity contribution in [2.75, 3.05) is 32.7 Å². The number of rotatable bonds is 5. The molecule has 4 nitrogen and oxygen atoms in total. The van der Waals surface area contributed by atoms with E-state index in [1.54, 1.807) is 5.57 Å². The van der Waals surface area contributed by atoms with Gasteiger partial charge in [-0.05, 0) is 98.9 Å². The summed E-state index contributed by atoms with van der Waals surface area (Å²) in [5.41, 5.74) is 4.84. The number of fused-ring (bicyclic) bond motifs is 1. The van der Waals surface area contributed by atoms with E-state index in [2.05, 4.69) is 45.5 Å². The summed E-state index contributed by atoms with van der Waals surface area (Å²) in [7, 11) is 0. The van der Waals surface area contributed by atoms with Gasteiger partial charge in [0.2, 0.25) is 5.91 Å². The fourth-order valence-corrected chi connectivity index (χ4v) is 6.75. The zero-order valence-corrected chi connectivity index (χ0v) is 20.8. The molecule has 0 unspecified atom stereocenters. The number of amides is 1. The summed E-state index contributed by atoms with van der Waals surface area (Å²) in [6.07, 6.45) is 15.1. The summed E-state index contributed by atoms with van der Waals surface area (Å²) in [5.74, 6) is 0.854. The molecule has 0 aromatic heterocycles. The summed E-state index contributed by atoms with van der Waals surface area (Å²) < 4.78 is 0. The number of hydrogen-bond donors (Lipinski definition) is 1. The molecule has 0 saturated carbocycles. The van der Waals surface area contributed by atoms with Crippen molar-refractivity contribution in [2.45, 2.75) is 70.6 Å². The molecule has 178 valence electrons. The van der Waals surface area contributed by atoms with E-state index in [0.29, 0.717) is 23.7 Å². The monoisotopic (exact) mass is 465 g/mol. The Labute approximate surface area is 204 Å². The number of carbonyl (C=O) groups is 1. The predicted octanol–water partition coefficient (Wildman–Crippen LogP) is 4.87. The lowest BCUT2D eigenvalue weighted by Gasteiger charge is -2.39. The van der Waals surface area contributed by atoms with Gasteiger partial charge in [0.05, 0.1) is 0 Å². The van der Waals surface area contributed by atoms with Crippen LogP contribution in [0.3, 0.4) is 0 Å². The maximum Gasteiger partial charge on any atom is 0.222 e. The van der Waals surface area contributed by atoms with Crippen molar-refractivity contribution >= 4 is 23.2 Å². The van der Waals surface area contributed by atoms with Crippen molar-refractivity contribution in [2.24, 2.45) is 11.3 Å². The van der Waals surface area contributed by atoms with E-state index < -0.39 is 0 Å². The number of likely N-dealkylation sites (tertiary alicyclic amines) is 2. The van der Waals surface area contributed by atoms with Gasteiger partial charge < -0.3 is 15.1 Å². The standard InChI is InChI=1S/C28H39N3OS/c32-26(20-23-18-24-8-4-5-9-25(24)19-23)30-15-11-28(12-16-30)13-17-31(21-28)27(33)29-14-10-22-6-2-1-3-7-22/h4-6,8-9,23H,1-3,7,10-21H2,(H,29,33). The number of carbonyl (C=O) groups excluding carboxylic acids is 1. The van der Waals surface area contributed by atoms with Crippen LogP contribution in [0.25, 0.3) is 0 Å². The van der Waals surface area contributed by atoms with E-state index in [-0.39, 0.29) is 0 Å². The second kappa shape index (κ2) is 10.2. The van der Waals surface area contributed by atoms with E-state index >= 15 is 0 Å². The minimum absolute atomic E-state index is 0.345. The number of thiocarbonyl (C=S) groups is 1. The Morgan fingerprint density at radius 3 is 2.39 bits per heavy atom. The van der Waals surface area contributed by atoms with Crippen molar-refractivity contribution in [1.29, 1.82) is 0 Å². The molecular weight excluding hydrogens is 426 g/mol. The summed E-state index contributed by atoms with van der Waals surface area (Å²) in [6.45, 7) is 4.91. The second-order valence-corrected chi connectivity index (χ2v) is 11.3. The van der Waals surface area contributed by atoms with Gasteiger partial charge in [0.15, 0.2) is 5.11 Å². The van der Waals surface area contributed by atoms with Crippen LogP contribution in [0.2, 0.25) is 0 Å². The van der Waals surface area contributed by atoms with E-state index in [0.717, 1.165) is 69.9 Å². The number of allylic oxidation sites excluding steroid dienone is 1. The Morgan fingerprint density at radius 2 is 1.73 bits per heavy atom. The molecule has 1 aromatic carbocycles. The topological polar surface area (TPSA) is 35.6 Å². The molecule has 2 heterocycles. The van der Waals surface area contributed by atoms with Gasteiger partial charge >= 0.3 is 0 Å². The Kier molecular flexibility index (Phi) is 7.05. The van der Waals surface area contributed by atoms with Gasteiger partial charge in [-0.2, -0.15) is 0 Å². The maximum atomic E-state index is 13.0. The Morgan fingerprint density at radius 1 is 1.03 bits per heavy atom. The molecule has 1 aromatic rings. The van der Waals surface area contributed by atoms with Gasteiger partial charge in [0.1, 0.15) is 0 Å². The molecular formula is C28H39N3OS. The highest BCUT2D eigenvalue weighted by Gasteiger charge is 2.42. The lowest BCUT2D eigenvalue weighted by atomic mass is 9.77. The predicted molar refractivity (Wildman–Crippen MR) is 138 cm³/mol. The third kappa shape index (κ3) is 5.45. The van der Waals surface area contributed by atoms with E-state index in [4.69, 9.17) is 12.2 Å². The summed E-state index contributed by atoms with van der Waals surface area (Å²) in [6, 6.07) is 8.69. The third-order valence-corrected chi connectivity index (χ3v) is 9.01. The SMILES string of the molecule is O=C(CC1Cc2ccccc2C1)N1CCC2(CC1)CCN(C(=S)NCCC1=CCCCC1)C2. The molecule has 2 aliphatic carbocycles. The first-order valence-electron chi connectivity index (χ1n) is 13.2. The third-order valence-electron chi connectivity index (χ3n) is 8.61. The fraction of sp³-hybridized carbons (Fsp3) is 0.643. The van der Waals surface area contributed by atoms with Crippen LogP contribution in [-0.2, 0) is 17.6 Å². The molecule has 1 amide bonds. The van der Waals surface area contributed by atoms with Crippen molar-refractivity contribution in [1.82, 2.24) is 15.1 Å². The van der Waals surface area contributed by atoms with Gasteiger partial charge in [0, 0.05) is 39.1 Å². The minimum atomic E-state index is 0.345. The molecule has 0 bridgehead atoms. The van der Waals surface area contributed by atoms with Crippen LogP contribution in [0.1, 0.15) is 68.9 Å². The number of nitrogens with zero attached hydrogens (tertiary/aromatic N) is 2. The van der Waals surface area contributed by atoms with Gasteiger partial charge in [0.25, 0.3) is 0 Å². The quantitative estimate of drug-likeness (QED) is 0.497. The molecule has 5 rings (SSSR count). The summed E-state index contributed by atoms with van der Waals surface area (Å²) >= 11 is 5.74. The Bertz CT molecular complexity index is 877. The molecule has 2 fully saturated rings. The largest absolute Gasteiger partial charge is 0.362 e. The molecule has 4 aliphatic rings. The van der Waals surface area contributed by atoms with Crippen LogP contribution in [0.5, 0.6) is 0 Å². The van der Waals surface area contributed by atoms with Crippen molar-refractivity contribution in [3.05, 3.63) is 47.0 Å². The Hall–Kier alpha value is -1.88. The van der Waals surface area contributed by atoms with E-state index in [1.165, 1.54) is 43.2 Å². The summed E-state index contributed by atoms with van der Waals surface area (Å²) in [5, 5.41) is 4.45. The van der Waals surface area contributed by atoms with Crippen LogP contribution >= 0.6 is 12.2 Å². The van der Waals surface area contributed by atoms with Crippen LogP contribution < -0.4 is 5.32 Å². The van der Waals surface area contributed by atoms with Crippen molar-refractivity contribution in [3.8, 4) is 0 Å². The molecule has 2 aliphatic heterocycles. The minimum Gasteiger partial charge on any atom is -0.362 e. The first kappa shape index (κ1) is 22.9. The zero-order valence-electron chi connectivity index (χ0n) is 20.0. The molecule has 33 heavy (non-hydrogen) atoms. The van der Waals surface area contributed by atoms with Crippen LogP contribution in [-0.4, -0.2) is 53.5 Å². The van der Waals surface area contributed by atoms with Crippen LogP contribution in [0.15, 0.2) is 35.9 Å². The molecule has 2 saturated heterocycles. The molecule has 1 spiro atoms. The van der Waals surface area contributed by atoms with E-state index in [9.17, 15) is 4.79 Å². The first-order valence-corrected chi connectivity index (χ1v) is 13.6. The number of hydrogen-bond acceptors (Lipinski definition) is 2. The van der Waals surface area contributed by atoms with Crippen LogP contribution in [0, 0.1) is 11.3 Å². The number of piperidine rings is 1. The fourth-order valence-electron chi connectivity index (χ4n) is 6.49. The first-order chi connectivity index (χ1) is 16.1. The average molecular weight is 466 g/mol. The van der Waals surface area contributed by atoms with E-state index in [1.807, 2.05) is 0 Å². The highest BCUT2D eigenvalue weighted by atomic mass is 32.1. The molecule has 0 radical (unpaired) electrons. The smallest absolute Gasteiger partial charge is 0.222 e. The average Bonchev–Trinajstić information content (AvgIpc) is 3.44. The second-order valence-electron chi connectivity index (χ2n) is 10.9. The molecule has 0 atom stereocenters. The Balaban J connectivity index is 1.04. The van der Waals surface area contributed by atoms with Gasteiger partial charge in [-0.3, -0.25) is 4.79 Å². The van der Waals surface area contributed by atoms with Crippen molar-refractivity contribution < 1.29 is 4.79 Å². The highest BCUT2D eigenvalue weighted by molar-refractivity contribution is 7.80. The normalized spacial score (nSPS) is 22.4. The van der Waals surface area contributed by atoms with Gasteiger partial charge in [-0.15, -0.1) is 0 Å². The summed E-state index contributed by atoms with van der Waals surface area (Å²) in [4.78, 5) is 17.5. The maximum absolute atomic E-state index is 13.0. The zero-order chi connectivity index (χ0) is 22.7.